The summed E-state index contributed by atoms with van der Waals surface area (Å²) < 4.78 is 52.7. The van der Waals surface area contributed by atoms with Crippen molar-refractivity contribution in [2.24, 2.45) is 0 Å². The number of anilines is 1. The van der Waals surface area contributed by atoms with Crippen molar-refractivity contribution >= 4 is 23.5 Å². The van der Waals surface area contributed by atoms with Crippen molar-refractivity contribution in [3.8, 4) is 23.1 Å². The number of carbonyl (C=O) groups excluding carboxylic acids is 2. The Labute approximate surface area is 261 Å². The lowest BCUT2D eigenvalue weighted by molar-refractivity contribution is -0.274. The molecule has 0 saturated heterocycles. The molecule has 5 rings (SSSR count). The van der Waals surface area contributed by atoms with E-state index in [-0.39, 0.29) is 46.3 Å². The van der Waals surface area contributed by atoms with Crippen LogP contribution in [0.2, 0.25) is 0 Å². The van der Waals surface area contributed by atoms with Crippen LogP contribution in [-0.2, 0) is 0 Å². The number of rotatable bonds is 10. The van der Waals surface area contributed by atoms with Gasteiger partial charge in [-0.1, -0.05) is 12.1 Å². The first-order valence-electron chi connectivity index (χ1n) is 14.2. The number of ether oxygens (including phenoxy) is 3. The predicted molar refractivity (Wildman–Crippen MR) is 159 cm³/mol. The van der Waals surface area contributed by atoms with Crippen molar-refractivity contribution in [2.75, 3.05) is 5.32 Å². The summed E-state index contributed by atoms with van der Waals surface area (Å²) in [6.45, 7) is 0. The monoisotopic (exact) mass is 635 g/mol. The summed E-state index contributed by atoms with van der Waals surface area (Å²) in [4.78, 5) is 40.7. The van der Waals surface area contributed by atoms with Crippen LogP contribution in [0.1, 0.15) is 56.8 Å². The Balaban J connectivity index is 1.06. The van der Waals surface area contributed by atoms with Gasteiger partial charge in [0.25, 0.3) is 11.8 Å². The maximum Gasteiger partial charge on any atom is 0.573 e. The lowest BCUT2D eigenvalue weighted by Gasteiger charge is -2.29. The number of halogens is 3. The molecular weight excluding hydrogens is 607 g/mol. The fourth-order valence-corrected chi connectivity index (χ4v) is 4.85. The van der Waals surface area contributed by atoms with Gasteiger partial charge in [0.15, 0.2) is 0 Å². The van der Waals surface area contributed by atoms with Crippen molar-refractivity contribution in [3.05, 3.63) is 108 Å². The summed E-state index contributed by atoms with van der Waals surface area (Å²) in [6.07, 6.45) is -0.761. The van der Waals surface area contributed by atoms with Crippen LogP contribution >= 0.6 is 0 Å². The minimum absolute atomic E-state index is 0.0267. The Morgan fingerprint density at radius 1 is 0.761 bits per heavy atom. The van der Waals surface area contributed by atoms with Gasteiger partial charge in [0, 0.05) is 23.9 Å². The molecule has 1 aliphatic carbocycles. The second kappa shape index (κ2) is 14.0. The molecule has 1 aliphatic rings. The Morgan fingerprint density at radius 3 is 2.02 bits per heavy atom. The molecule has 13 heteroatoms. The van der Waals surface area contributed by atoms with Crippen molar-refractivity contribution in [3.63, 3.8) is 0 Å². The van der Waals surface area contributed by atoms with E-state index in [0.29, 0.717) is 37.2 Å². The zero-order valence-corrected chi connectivity index (χ0v) is 24.1. The minimum atomic E-state index is -4.80. The third-order valence-electron chi connectivity index (χ3n) is 7.11. The number of benzene rings is 3. The number of aromatic carboxylic acids is 1. The average Bonchev–Trinajstić information content (AvgIpc) is 3.03. The number of para-hydroxylation sites is 1. The molecule has 1 heterocycles. The summed E-state index contributed by atoms with van der Waals surface area (Å²) in [6, 6.07) is 20.8. The van der Waals surface area contributed by atoms with Gasteiger partial charge >= 0.3 is 12.3 Å². The normalized spacial score (nSPS) is 16.2. The highest BCUT2D eigenvalue weighted by molar-refractivity contribution is 6.07. The molecule has 1 aromatic heterocycles. The van der Waals surface area contributed by atoms with Crippen LogP contribution in [0.3, 0.4) is 0 Å². The van der Waals surface area contributed by atoms with Gasteiger partial charge in [-0.3, -0.25) is 9.59 Å². The smallest absolute Gasteiger partial charge is 0.490 e. The van der Waals surface area contributed by atoms with E-state index in [4.69, 9.17) is 9.47 Å². The third-order valence-corrected chi connectivity index (χ3v) is 7.11. The number of amides is 2. The molecule has 0 unspecified atom stereocenters. The van der Waals surface area contributed by atoms with E-state index in [1.54, 1.807) is 36.4 Å². The van der Waals surface area contributed by atoms with E-state index in [9.17, 15) is 32.7 Å². The number of carboxylic acid groups (broad SMARTS) is 1. The highest BCUT2D eigenvalue weighted by atomic mass is 19.4. The summed E-state index contributed by atoms with van der Waals surface area (Å²) in [7, 11) is 0. The summed E-state index contributed by atoms with van der Waals surface area (Å²) in [5.74, 6) is -1.04. The van der Waals surface area contributed by atoms with Gasteiger partial charge in [-0.25, -0.2) is 9.78 Å². The van der Waals surface area contributed by atoms with Gasteiger partial charge in [-0.05, 0) is 92.4 Å². The molecule has 46 heavy (non-hydrogen) atoms. The first kappa shape index (κ1) is 31.8. The van der Waals surface area contributed by atoms with Crippen LogP contribution in [0.15, 0.2) is 91.1 Å². The fraction of sp³-hybridized carbons (Fsp3) is 0.212. The molecule has 3 aromatic carbocycles. The Bertz CT molecular complexity index is 1670. The molecule has 1 saturated carbocycles. The topological polar surface area (TPSA) is 136 Å². The number of nitrogens with zero attached hydrogens (tertiary/aromatic N) is 1. The number of carboxylic acids is 1. The average molecular weight is 636 g/mol. The molecule has 1 fully saturated rings. The predicted octanol–water partition coefficient (Wildman–Crippen LogP) is 6.84. The Hall–Kier alpha value is -5.59. The van der Waals surface area contributed by atoms with E-state index >= 15 is 0 Å². The van der Waals surface area contributed by atoms with E-state index < -0.39 is 24.0 Å². The number of carbonyl (C=O) groups is 3. The maximum absolute atomic E-state index is 12.6. The van der Waals surface area contributed by atoms with Crippen LogP contribution in [0.5, 0.6) is 23.1 Å². The lowest BCUT2D eigenvalue weighted by atomic mass is 9.92. The SMILES string of the molecule is O=C(Nc1ccccc1C(=O)O)c1ccc(Oc2ccc(OC3CCC(NC(=O)c4ccc(OC(F)(F)F)cc4)CC3)cc2)nc1. The molecule has 0 atom stereocenters. The number of pyridine rings is 1. The van der Waals surface area contributed by atoms with Crippen molar-refractivity contribution < 1.29 is 46.9 Å². The molecule has 0 spiro atoms. The van der Waals surface area contributed by atoms with E-state index in [0.717, 1.165) is 12.1 Å². The molecule has 0 radical (unpaired) electrons. The van der Waals surface area contributed by atoms with Gasteiger partial charge in [0.2, 0.25) is 5.88 Å². The Kier molecular flexibility index (Phi) is 9.70. The van der Waals surface area contributed by atoms with E-state index in [2.05, 4.69) is 20.4 Å². The standard InChI is InChI=1S/C33H28F3N3O7/c34-33(35,36)46-26-10-5-20(6-11-26)30(40)38-22-8-12-23(13-9-22)44-24-14-16-25(17-15-24)45-29-18-7-21(19-37-29)31(41)39-28-4-2-1-3-27(28)32(42)43/h1-7,10-11,14-19,22-23H,8-9,12-13H2,(H,38,40)(H,39,41)(H,42,43). The molecule has 3 N–H and O–H groups in total. The van der Waals surface area contributed by atoms with Gasteiger partial charge in [0.05, 0.1) is 22.9 Å². The van der Waals surface area contributed by atoms with Gasteiger partial charge in [-0.15, -0.1) is 13.2 Å². The van der Waals surface area contributed by atoms with Gasteiger partial charge in [0.1, 0.15) is 17.2 Å². The second-order valence-electron chi connectivity index (χ2n) is 10.4. The number of hydrogen-bond acceptors (Lipinski definition) is 7. The summed E-state index contributed by atoms with van der Waals surface area (Å²) in [5, 5.41) is 14.8. The number of alkyl halides is 3. The number of nitrogens with one attached hydrogen (secondary N) is 2. The van der Waals surface area contributed by atoms with Crippen LogP contribution in [-0.4, -0.2) is 46.4 Å². The molecule has 0 aliphatic heterocycles. The maximum atomic E-state index is 12.6. The minimum Gasteiger partial charge on any atom is -0.490 e. The van der Waals surface area contributed by atoms with Crippen LogP contribution < -0.4 is 24.8 Å². The fourth-order valence-electron chi connectivity index (χ4n) is 4.85. The van der Waals surface area contributed by atoms with Crippen molar-refractivity contribution in [2.45, 2.75) is 44.2 Å². The molecule has 10 nitrogen and oxygen atoms in total. The van der Waals surface area contributed by atoms with Crippen molar-refractivity contribution in [1.29, 1.82) is 0 Å². The van der Waals surface area contributed by atoms with Crippen molar-refractivity contribution in [1.82, 2.24) is 10.3 Å². The number of aromatic nitrogens is 1. The van der Waals surface area contributed by atoms with Crippen LogP contribution in [0.25, 0.3) is 0 Å². The van der Waals surface area contributed by atoms with Crippen LogP contribution in [0.4, 0.5) is 18.9 Å². The van der Waals surface area contributed by atoms with E-state index in [1.165, 1.54) is 42.6 Å². The second-order valence-corrected chi connectivity index (χ2v) is 10.4. The number of hydrogen-bond donors (Lipinski definition) is 3. The molecule has 2 amide bonds. The highest BCUT2D eigenvalue weighted by Crippen LogP contribution is 2.28. The zero-order chi connectivity index (χ0) is 32.7. The van der Waals surface area contributed by atoms with Gasteiger partial charge < -0.3 is 30.0 Å². The molecule has 4 aromatic rings. The highest BCUT2D eigenvalue weighted by Gasteiger charge is 2.31. The quantitative estimate of drug-likeness (QED) is 0.172. The molecule has 238 valence electrons. The zero-order valence-electron chi connectivity index (χ0n) is 24.1. The first-order chi connectivity index (χ1) is 22.0. The molecular formula is C33H28F3N3O7. The first-order valence-corrected chi connectivity index (χ1v) is 14.2. The van der Waals surface area contributed by atoms with Gasteiger partial charge in [-0.2, -0.15) is 0 Å². The van der Waals surface area contributed by atoms with E-state index in [1.807, 2.05) is 0 Å². The Morgan fingerprint density at radius 2 is 1.39 bits per heavy atom. The summed E-state index contributed by atoms with van der Waals surface area (Å²) >= 11 is 0. The third kappa shape index (κ3) is 8.74. The summed E-state index contributed by atoms with van der Waals surface area (Å²) in [5.41, 5.74) is 0.611. The largest absolute Gasteiger partial charge is 0.573 e. The lowest BCUT2D eigenvalue weighted by Crippen LogP contribution is -2.39. The molecule has 0 bridgehead atoms. The van der Waals surface area contributed by atoms with Crippen LogP contribution in [0, 0.1) is 0 Å².